The third kappa shape index (κ3) is 4.18. The minimum absolute atomic E-state index is 0.0480. The highest BCUT2D eigenvalue weighted by Gasteiger charge is 2.25. The minimum atomic E-state index is -0.0480. The fraction of sp³-hybridized carbons (Fsp3) is 0.222. The van der Waals surface area contributed by atoms with Crippen molar-refractivity contribution in [2.45, 2.75) is 25.8 Å². The highest BCUT2D eigenvalue weighted by Crippen LogP contribution is 2.31. The molecule has 0 bridgehead atoms. The molecule has 0 saturated carbocycles. The number of piperidine rings is 1. The highest BCUT2D eigenvalue weighted by atomic mass is 16.2. The number of likely N-dealkylation sites (tertiary alicyclic amines) is 1. The molecule has 3 heterocycles. The zero-order valence-electron chi connectivity index (χ0n) is 19.2. The van der Waals surface area contributed by atoms with Gasteiger partial charge in [0.1, 0.15) is 5.82 Å². The van der Waals surface area contributed by atoms with Gasteiger partial charge in [-0.05, 0) is 67.5 Å². The number of nitrogens with two attached hydrogens (primary N) is 1. The van der Waals surface area contributed by atoms with Crippen molar-refractivity contribution in [3.8, 4) is 11.3 Å². The molecule has 0 radical (unpaired) electrons. The lowest BCUT2D eigenvalue weighted by molar-refractivity contribution is 0.0710. The number of amides is 1. The molecule has 1 aliphatic heterocycles. The second-order valence-corrected chi connectivity index (χ2v) is 8.80. The lowest BCUT2D eigenvalue weighted by Crippen LogP contribution is -2.43. The van der Waals surface area contributed by atoms with Crippen molar-refractivity contribution in [2.75, 3.05) is 13.1 Å². The normalized spacial score (nSPS) is 15.1. The molecule has 1 fully saturated rings. The van der Waals surface area contributed by atoms with E-state index in [1.807, 2.05) is 41.3 Å². The van der Waals surface area contributed by atoms with Gasteiger partial charge >= 0.3 is 0 Å². The zero-order chi connectivity index (χ0) is 23.7. The van der Waals surface area contributed by atoms with Gasteiger partial charge < -0.3 is 15.6 Å². The monoisotopic (exact) mass is 452 g/mol. The van der Waals surface area contributed by atoms with Gasteiger partial charge in [0.2, 0.25) is 0 Å². The Labute approximate surface area is 198 Å². The number of H-pyrrole nitrogens is 2. The van der Waals surface area contributed by atoms with E-state index in [4.69, 9.17) is 5.73 Å². The maximum atomic E-state index is 13.1. The first-order valence-corrected chi connectivity index (χ1v) is 11.5. The average molecular weight is 453 g/mol. The summed E-state index contributed by atoms with van der Waals surface area (Å²) in [5, 5.41) is 8.17. The number of carbonyl (C=O) groups is 1. The summed E-state index contributed by atoms with van der Waals surface area (Å²) in [5.41, 5.74) is 12.4. The van der Waals surface area contributed by atoms with Gasteiger partial charge in [0.25, 0.3) is 5.91 Å². The van der Waals surface area contributed by atoms with E-state index in [0.717, 1.165) is 57.5 Å². The van der Waals surface area contributed by atoms with E-state index < -0.39 is 0 Å². The standard InChI is InChI=1S/C27H28N6O/c1-17(14-20-16-24(30-26(20)29-2)18-6-4-3-5-7-18)19-8-9-23-22(15-19)25(32-31-23)27(34)33-12-10-21(28)11-13-33/h3-9,14-16,21,30H,2,10-13,28H2,1H3,(H,31,32)/b17-14+. The van der Waals surface area contributed by atoms with Crippen molar-refractivity contribution in [2.24, 2.45) is 10.7 Å². The number of rotatable bonds is 5. The number of benzene rings is 2. The van der Waals surface area contributed by atoms with Crippen LogP contribution in [-0.2, 0) is 0 Å². The quantitative estimate of drug-likeness (QED) is 0.371. The van der Waals surface area contributed by atoms with Crippen molar-refractivity contribution < 1.29 is 4.79 Å². The average Bonchev–Trinajstić information content (AvgIpc) is 3.48. The molecule has 7 heteroatoms. The van der Waals surface area contributed by atoms with E-state index in [-0.39, 0.29) is 11.9 Å². The van der Waals surface area contributed by atoms with Crippen LogP contribution in [0.2, 0.25) is 0 Å². The number of aromatic amines is 2. The smallest absolute Gasteiger partial charge is 0.274 e. The van der Waals surface area contributed by atoms with Crippen LogP contribution < -0.4 is 5.73 Å². The van der Waals surface area contributed by atoms with Crippen LogP contribution in [-0.4, -0.2) is 51.8 Å². The lowest BCUT2D eigenvalue weighted by atomic mass is 10.0. The molecule has 1 saturated heterocycles. The summed E-state index contributed by atoms with van der Waals surface area (Å²) in [5.74, 6) is 0.676. The molecule has 172 valence electrons. The summed E-state index contributed by atoms with van der Waals surface area (Å²) in [6.45, 7) is 7.11. The fourth-order valence-corrected chi connectivity index (χ4v) is 4.46. The van der Waals surface area contributed by atoms with Crippen molar-refractivity contribution in [1.82, 2.24) is 20.1 Å². The molecule has 0 unspecified atom stereocenters. The fourth-order valence-electron chi connectivity index (χ4n) is 4.46. The van der Waals surface area contributed by atoms with Gasteiger partial charge in [-0.1, -0.05) is 36.4 Å². The van der Waals surface area contributed by atoms with Crippen LogP contribution in [0.4, 0.5) is 5.82 Å². The molecule has 1 aliphatic rings. The molecule has 1 amide bonds. The van der Waals surface area contributed by atoms with Crippen LogP contribution in [0.25, 0.3) is 33.8 Å². The SMILES string of the molecule is C=Nc1[nH]c(-c2ccccc2)cc1/C=C(\C)c1ccc2[nH]nc(C(=O)N3CCC(N)CC3)c2c1. The number of hydrogen-bond acceptors (Lipinski definition) is 4. The summed E-state index contributed by atoms with van der Waals surface area (Å²) in [4.78, 5) is 22.5. The zero-order valence-corrected chi connectivity index (χ0v) is 19.2. The second kappa shape index (κ2) is 9.11. The Balaban J connectivity index is 1.46. The van der Waals surface area contributed by atoms with Gasteiger partial charge in [0.15, 0.2) is 5.69 Å². The number of nitrogens with zero attached hydrogens (tertiary/aromatic N) is 3. The van der Waals surface area contributed by atoms with Crippen LogP contribution >= 0.6 is 0 Å². The first kappa shape index (κ1) is 21.9. The number of carbonyl (C=O) groups excluding carboxylic acids is 1. The Morgan fingerprint density at radius 3 is 2.68 bits per heavy atom. The molecule has 0 atom stereocenters. The predicted octanol–water partition coefficient (Wildman–Crippen LogP) is 5.01. The predicted molar refractivity (Wildman–Crippen MR) is 138 cm³/mol. The first-order chi connectivity index (χ1) is 16.5. The molecule has 5 rings (SSSR count). The van der Waals surface area contributed by atoms with Crippen LogP contribution in [0.5, 0.6) is 0 Å². The van der Waals surface area contributed by atoms with Crippen molar-refractivity contribution in [3.63, 3.8) is 0 Å². The van der Waals surface area contributed by atoms with Crippen LogP contribution in [0.15, 0.2) is 59.6 Å². The third-order valence-electron chi connectivity index (χ3n) is 6.49. The number of allylic oxidation sites excluding steroid dienone is 1. The number of nitrogens with one attached hydrogen (secondary N) is 2. The molecule has 7 nitrogen and oxygen atoms in total. The Morgan fingerprint density at radius 2 is 1.94 bits per heavy atom. The molecule has 2 aromatic carbocycles. The van der Waals surface area contributed by atoms with E-state index in [1.165, 1.54) is 0 Å². The van der Waals surface area contributed by atoms with Gasteiger partial charge in [-0.25, -0.2) is 4.99 Å². The number of fused-ring (bicyclic) bond motifs is 1. The van der Waals surface area contributed by atoms with Crippen molar-refractivity contribution >= 4 is 41.0 Å². The Bertz CT molecular complexity index is 1370. The van der Waals surface area contributed by atoms with Gasteiger partial charge in [-0.2, -0.15) is 5.10 Å². The van der Waals surface area contributed by atoms with Crippen LogP contribution in [0.3, 0.4) is 0 Å². The van der Waals surface area contributed by atoms with Gasteiger partial charge in [0.05, 0.1) is 5.52 Å². The maximum absolute atomic E-state index is 13.1. The van der Waals surface area contributed by atoms with Crippen molar-refractivity contribution in [1.29, 1.82) is 0 Å². The largest absolute Gasteiger partial charge is 0.339 e. The van der Waals surface area contributed by atoms with Crippen LogP contribution in [0.1, 0.15) is 41.4 Å². The van der Waals surface area contributed by atoms with E-state index in [1.54, 1.807) is 0 Å². The number of aliphatic imine (C=N–C) groups is 1. The van der Waals surface area contributed by atoms with Crippen molar-refractivity contribution in [3.05, 3.63) is 71.4 Å². The molecule has 2 aromatic heterocycles. The summed E-state index contributed by atoms with van der Waals surface area (Å²) >= 11 is 0. The first-order valence-electron chi connectivity index (χ1n) is 11.5. The summed E-state index contributed by atoms with van der Waals surface area (Å²) in [6.07, 6.45) is 3.73. The molecule has 34 heavy (non-hydrogen) atoms. The molecule has 0 spiro atoms. The lowest BCUT2D eigenvalue weighted by Gasteiger charge is -2.29. The van der Waals surface area contributed by atoms with E-state index in [0.29, 0.717) is 18.8 Å². The third-order valence-corrected chi connectivity index (χ3v) is 6.49. The second-order valence-electron chi connectivity index (χ2n) is 8.80. The minimum Gasteiger partial charge on any atom is -0.339 e. The van der Waals surface area contributed by atoms with Gasteiger partial charge in [-0.3, -0.25) is 9.89 Å². The Kier molecular flexibility index (Phi) is 5.86. The van der Waals surface area contributed by atoms with E-state index in [2.05, 4.69) is 58.1 Å². The maximum Gasteiger partial charge on any atom is 0.274 e. The number of hydrogen-bond donors (Lipinski definition) is 3. The van der Waals surface area contributed by atoms with E-state index >= 15 is 0 Å². The van der Waals surface area contributed by atoms with Crippen LogP contribution in [0, 0.1) is 0 Å². The highest BCUT2D eigenvalue weighted by molar-refractivity contribution is 6.05. The Hall–Kier alpha value is -3.97. The summed E-state index contributed by atoms with van der Waals surface area (Å²) < 4.78 is 0. The van der Waals surface area contributed by atoms with Gasteiger partial charge in [0, 0.05) is 35.8 Å². The topological polar surface area (TPSA) is 103 Å². The molecular formula is C27H28N6O. The molecule has 0 aliphatic carbocycles. The summed E-state index contributed by atoms with van der Waals surface area (Å²) in [6, 6.07) is 18.4. The van der Waals surface area contributed by atoms with E-state index in [9.17, 15) is 4.79 Å². The van der Waals surface area contributed by atoms with Gasteiger partial charge in [-0.15, -0.1) is 0 Å². The Morgan fingerprint density at radius 1 is 1.18 bits per heavy atom. The molecular weight excluding hydrogens is 424 g/mol. The summed E-state index contributed by atoms with van der Waals surface area (Å²) in [7, 11) is 0. The molecule has 4 aromatic rings. The number of aromatic nitrogens is 3. The molecule has 4 N–H and O–H groups in total.